The van der Waals surface area contributed by atoms with Crippen LogP contribution in [0.5, 0.6) is 0 Å². The van der Waals surface area contributed by atoms with E-state index in [0.29, 0.717) is 38.5 Å². The average molecular weight is 647 g/mol. The fourth-order valence-corrected chi connectivity index (χ4v) is 7.74. The molecular weight excluding hydrogens is 580 g/mol. The molecule has 0 aliphatic carbocycles. The number of nitrogens with one attached hydrogen (secondary N) is 2. The molecule has 46 heavy (non-hydrogen) atoms. The number of ketones is 1. The van der Waals surface area contributed by atoms with Crippen LogP contribution in [0.25, 0.3) is 0 Å². The number of carbonyl (C=O) groups is 1. The lowest BCUT2D eigenvalue weighted by Crippen LogP contribution is -2.62. The second-order valence-corrected chi connectivity index (χ2v) is 14.4. The number of Topliss-reactive ketones (excluding diaryl/α,β-unsaturated/α-hetero) is 1. The summed E-state index contributed by atoms with van der Waals surface area (Å²) in [5, 5.41) is 15.5. The lowest BCUT2D eigenvalue weighted by atomic mass is 9.99. The van der Waals surface area contributed by atoms with Crippen LogP contribution in [-0.4, -0.2) is 191 Å². The predicted molar refractivity (Wildman–Crippen MR) is 187 cm³/mol. The van der Waals surface area contributed by atoms with E-state index in [1.54, 1.807) is 0 Å². The van der Waals surface area contributed by atoms with Gasteiger partial charge in [-0.3, -0.25) is 24.4 Å². The molecule has 4 heterocycles. The van der Waals surface area contributed by atoms with Crippen molar-refractivity contribution in [2.45, 2.75) is 76.5 Å². The maximum atomic E-state index is 14.7. The van der Waals surface area contributed by atoms with Gasteiger partial charge in [-0.05, 0) is 78.8 Å². The Kier molecular flexibility index (Phi) is 16.0. The highest BCUT2D eigenvalue weighted by Gasteiger charge is 2.39. The standard InChI is InChI=1S/C35H66N8O3/c1-5-29(23-36)25-45-27-33(42-19-15-40(16-20-42)31-7-11-38(3)12-8-31)35(44)34(28-46-26-30(6-2)24-37)43-21-17-41(18-22-43)32-9-13-39(4)14-10-32/h23-24,29-34,36-37H,5-22,25-28H2,1-4H3/t29?,30?,33-,34-/m1/s1. The van der Waals surface area contributed by atoms with E-state index in [-0.39, 0.29) is 29.7 Å². The van der Waals surface area contributed by atoms with Crippen molar-refractivity contribution in [3.8, 4) is 0 Å². The number of rotatable bonds is 18. The Labute approximate surface area is 279 Å². The molecule has 4 fully saturated rings. The Morgan fingerprint density at radius 3 is 1.26 bits per heavy atom. The van der Waals surface area contributed by atoms with Crippen LogP contribution >= 0.6 is 0 Å². The minimum atomic E-state index is -0.326. The smallest absolute Gasteiger partial charge is 0.171 e. The van der Waals surface area contributed by atoms with Crippen LogP contribution in [-0.2, 0) is 14.3 Å². The molecule has 2 unspecified atom stereocenters. The number of carbonyl (C=O) groups excluding carboxylic acids is 1. The zero-order chi connectivity index (χ0) is 32.9. The zero-order valence-corrected chi connectivity index (χ0v) is 29.6. The van der Waals surface area contributed by atoms with Gasteiger partial charge in [0.25, 0.3) is 0 Å². The Morgan fingerprint density at radius 1 is 0.609 bits per heavy atom. The second kappa shape index (κ2) is 19.6. The van der Waals surface area contributed by atoms with E-state index in [0.717, 1.165) is 91.4 Å². The monoisotopic (exact) mass is 647 g/mol. The van der Waals surface area contributed by atoms with E-state index in [2.05, 4.69) is 57.3 Å². The molecule has 0 radical (unpaired) electrons. The summed E-state index contributed by atoms with van der Waals surface area (Å²) in [5.41, 5.74) is 0. The van der Waals surface area contributed by atoms with Crippen molar-refractivity contribution in [2.75, 3.05) is 119 Å². The number of likely N-dealkylation sites (tertiary alicyclic amines) is 2. The second-order valence-electron chi connectivity index (χ2n) is 14.4. The van der Waals surface area contributed by atoms with Gasteiger partial charge < -0.3 is 30.1 Å². The summed E-state index contributed by atoms with van der Waals surface area (Å²) >= 11 is 0. The van der Waals surface area contributed by atoms with Crippen molar-refractivity contribution < 1.29 is 14.3 Å². The van der Waals surface area contributed by atoms with Crippen molar-refractivity contribution in [1.82, 2.24) is 29.4 Å². The van der Waals surface area contributed by atoms with Gasteiger partial charge in [0.2, 0.25) is 0 Å². The summed E-state index contributed by atoms with van der Waals surface area (Å²) in [5.74, 6) is 0.373. The molecule has 2 N–H and O–H groups in total. The molecule has 0 aromatic carbocycles. The van der Waals surface area contributed by atoms with Gasteiger partial charge in [0, 0.05) is 88.7 Å². The Hall–Kier alpha value is -1.31. The molecular formula is C35H66N8O3. The van der Waals surface area contributed by atoms with Crippen molar-refractivity contribution in [3.63, 3.8) is 0 Å². The predicted octanol–water partition coefficient (Wildman–Crippen LogP) is 2.10. The van der Waals surface area contributed by atoms with E-state index in [1.165, 1.54) is 38.1 Å². The minimum Gasteiger partial charge on any atom is -0.379 e. The summed E-state index contributed by atoms with van der Waals surface area (Å²) in [6.07, 6.45) is 9.57. The molecule has 4 aliphatic heterocycles. The Bertz CT molecular complexity index is 824. The molecule has 4 saturated heterocycles. The molecule has 0 aromatic heterocycles. The van der Waals surface area contributed by atoms with Gasteiger partial charge in [-0.2, -0.15) is 0 Å². The van der Waals surface area contributed by atoms with Gasteiger partial charge in [-0.15, -0.1) is 0 Å². The van der Waals surface area contributed by atoms with Crippen LogP contribution in [0.2, 0.25) is 0 Å². The molecule has 11 heteroatoms. The van der Waals surface area contributed by atoms with Crippen molar-refractivity contribution in [3.05, 3.63) is 0 Å². The number of piperidine rings is 2. The molecule has 4 aliphatic rings. The maximum absolute atomic E-state index is 14.7. The van der Waals surface area contributed by atoms with Crippen molar-refractivity contribution in [1.29, 1.82) is 10.8 Å². The summed E-state index contributed by atoms with van der Waals surface area (Å²) < 4.78 is 12.5. The van der Waals surface area contributed by atoms with Gasteiger partial charge in [0.1, 0.15) is 0 Å². The molecule has 0 amide bonds. The average Bonchev–Trinajstić information content (AvgIpc) is 3.09. The molecule has 0 bridgehead atoms. The fourth-order valence-electron chi connectivity index (χ4n) is 7.74. The number of hydrogen-bond acceptors (Lipinski definition) is 11. The van der Waals surface area contributed by atoms with Crippen LogP contribution in [0.15, 0.2) is 0 Å². The Morgan fingerprint density at radius 2 is 0.957 bits per heavy atom. The van der Waals surface area contributed by atoms with Crippen LogP contribution in [0.1, 0.15) is 52.4 Å². The SMILES string of the molecule is CCC(C=N)COC[C@H](C(=O)[C@@H](COCC(C=N)CC)N1CCN(C2CCN(C)CC2)CC1)N1CCN(C2CCN(C)CC2)CC1. The third kappa shape index (κ3) is 10.9. The number of hydrogen-bond donors (Lipinski definition) is 2. The van der Waals surface area contributed by atoms with E-state index < -0.39 is 0 Å². The maximum Gasteiger partial charge on any atom is 0.171 e. The third-order valence-corrected chi connectivity index (χ3v) is 11.4. The van der Waals surface area contributed by atoms with Gasteiger partial charge in [0.05, 0.1) is 38.5 Å². The van der Waals surface area contributed by atoms with Gasteiger partial charge in [-0.25, -0.2) is 0 Å². The first-order valence-corrected chi connectivity index (χ1v) is 18.4. The van der Waals surface area contributed by atoms with Crippen LogP contribution in [0, 0.1) is 22.7 Å². The molecule has 0 aromatic rings. The van der Waals surface area contributed by atoms with E-state index >= 15 is 0 Å². The van der Waals surface area contributed by atoms with Crippen LogP contribution < -0.4 is 0 Å². The van der Waals surface area contributed by atoms with E-state index in [9.17, 15) is 4.79 Å². The first kappa shape index (κ1) is 37.5. The molecule has 4 rings (SSSR count). The summed E-state index contributed by atoms with van der Waals surface area (Å²) in [6.45, 7) is 17.9. The molecule has 11 nitrogen and oxygen atoms in total. The largest absolute Gasteiger partial charge is 0.379 e. The van der Waals surface area contributed by atoms with Crippen molar-refractivity contribution >= 4 is 18.2 Å². The molecule has 0 saturated carbocycles. The first-order valence-electron chi connectivity index (χ1n) is 18.4. The molecule has 0 spiro atoms. The lowest BCUT2D eigenvalue weighted by molar-refractivity contribution is -0.137. The minimum absolute atomic E-state index is 0.0796. The van der Waals surface area contributed by atoms with Crippen molar-refractivity contribution in [2.24, 2.45) is 11.8 Å². The van der Waals surface area contributed by atoms with Gasteiger partial charge in [-0.1, -0.05) is 13.8 Å². The van der Waals surface area contributed by atoms with Crippen LogP contribution in [0.4, 0.5) is 0 Å². The van der Waals surface area contributed by atoms with E-state index in [1.807, 2.05) is 0 Å². The van der Waals surface area contributed by atoms with Gasteiger partial charge >= 0.3 is 0 Å². The highest BCUT2D eigenvalue weighted by atomic mass is 16.5. The van der Waals surface area contributed by atoms with E-state index in [4.69, 9.17) is 20.3 Å². The molecule has 264 valence electrons. The lowest BCUT2D eigenvalue weighted by Gasteiger charge is -2.46. The quantitative estimate of drug-likeness (QED) is 0.217. The number of piperazine rings is 2. The normalized spacial score (nSPS) is 25.7. The first-order chi connectivity index (χ1) is 22.4. The molecule has 4 atom stereocenters. The third-order valence-electron chi connectivity index (χ3n) is 11.4. The fraction of sp³-hybridized carbons (Fsp3) is 0.914. The summed E-state index contributed by atoms with van der Waals surface area (Å²) in [6, 6.07) is 0.634. The van der Waals surface area contributed by atoms with Gasteiger partial charge in [0.15, 0.2) is 5.78 Å². The summed E-state index contributed by atoms with van der Waals surface area (Å²) in [7, 11) is 4.43. The number of nitrogens with zero attached hydrogens (tertiary/aromatic N) is 6. The summed E-state index contributed by atoms with van der Waals surface area (Å²) in [4.78, 5) is 29.7. The number of ether oxygens (including phenoxy) is 2. The zero-order valence-electron chi connectivity index (χ0n) is 29.6. The highest BCUT2D eigenvalue weighted by molar-refractivity contribution is 5.89. The highest BCUT2D eigenvalue weighted by Crippen LogP contribution is 2.22. The topological polar surface area (TPSA) is 103 Å². The Balaban J connectivity index is 1.44. The van der Waals surface area contributed by atoms with Crippen LogP contribution in [0.3, 0.4) is 0 Å².